The Kier molecular flexibility index (Phi) is 4.69. The topological polar surface area (TPSA) is 58.2 Å². The maximum atomic E-state index is 12.9. The molecule has 0 aliphatic carbocycles. The molecular weight excluding hydrogens is 329 g/mol. The minimum absolute atomic E-state index is 0.209. The van der Waals surface area contributed by atoms with Crippen molar-refractivity contribution in [2.45, 2.75) is 24.3 Å². The molecule has 9 heteroatoms. The van der Waals surface area contributed by atoms with Gasteiger partial charge in [-0.05, 0) is 31.5 Å². The molecule has 2 rings (SSSR count). The van der Waals surface area contributed by atoms with Gasteiger partial charge in [-0.25, -0.2) is 8.42 Å². The summed E-state index contributed by atoms with van der Waals surface area (Å²) >= 11 is 5.74. The first-order chi connectivity index (χ1) is 9.72. The number of anilines is 1. The first kappa shape index (κ1) is 16.4. The lowest BCUT2D eigenvalue weighted by Gasteiger charge is -2.24. The maximum absolute atomic E-state index is 12.9. The summed E-state index contributed by atoms with van der Waals surface area (Å²) < 4.78 is 65.3. The number of sulfonamides is 1. The first-order valence-electron chi connectivity index (χ1n) is 6.30. The van der Waals surface area contributed by atoms with Crippen LogP contribution in [0, 0.1) is 0 Å². The van der Waals surface area contributed by atoms with Gasteiger partial charge in [-0.15, -0.1) is 0 Å². The van der Waals surface area contributed by atoms with Gasteiger partial charge in [0.25, 0.3) is 0 Å². The van der Waals surface area contributed by atoms with Crippen molar-refractivity contribution in [3.63, 3.8) is 0 Å². The predicted molar refractivity (Wildman–Crippen MR) is 74.9 cm³/mol. The molecule has 2 N–H and O–H groups in total. The van der Waals surface area contributed by atoms with Gasteiger partial charge in [0.05, 0.1) is 21.5 Å². The van der Waals surface area contributed by atoms with Crippen LogP contribution in [0.3, 0.4) is 0 Å². The highest BCUT2D eigenvalue weighted by molar-refractivity contribution is 7.93. The fraction of sp³-hybridized carbons (Fsp3) is 0.500. The van der Waals surface area contributed by atoms with Gasteiger partial charge in [0, 0.05) is 6.54 Å². The number of nitrogens with one attached hydrogen (secondary N) is 2. The second-order valence-corrected chi connectivity index (χ2v) is 7.14. The van der Waals surface area contributed by atoms with E-state index in [1.54, 1.807) is 0 Å². The van der Waals surface area contributed by atoms with Crippen molar-refractivity contribution in [3.05, 3.63) is 28.8 Å². The number of piperidine rings is 1. The van der Waals surface area contributed by atoms with E-state index in [1.165, 1.54) is 6.07 Å². The molecule has 0 saturated carbocycles. The third-order valence-electron chi connectivity index (χ3n) is 3.25. The Balaban J connectivity index is 2.34. The van der Waals surface area contributed by atoms with E-state index in [4.69, 9.17) is 11.6 Å². The minimum atomic E-state index is -4.69. The Hall–Kier alpha value is -0.990. The number of halogens is 4. The molecule has 118 valence electrons. The molecule has 0 bridgehead atoms. The second kappa shape index (κ2) is 6.02. The summed E-state index contributed by atoms with van der Waals surface area (Å²) in [6.07, 6.45) is -3.64. The first-order valence-corrected chi connectivity index (χ1v) is 8.22. The van der Waals surface area contributed by atoms with Crippen LogP contribution >= 0.6 is 11.6 Å². The Morgan fingerprint density at radius 2 is 2.05 bits per heavy atom. The quantitative estimate of drug-likeness (QED) is 0.888. The van der Waals surface area contributed by atoms with Crippen LogP contribution in [0.5, 0.6) is 0 Å². The molecule has 1 atom stereocenters. The molecular formula is C12H14ClF3N2O2S. The van der Waals surface area contributed by atoms with Gasteiger partial charge in [-0.1, -0.05) is 17.7 Å². The number of hydrogen-bond acceptors (Lipinski definition) is 3. The highest BCUT2D eigenvalue weighted by Gasteiger charge is 2.36. The number of benzene rings is 1. The summed E-state index contributed by atoms with van der Waals surface area (Å²) in [5, 5.41) is 1.86. The van der Waals surface area contributed by atoms with Crippen LogP contribution < -0.4 is 10.0 Å². The van der Waals surface area contributed by atoms with Crippen molar-refractivity contribution < 1.29 is 21.6 Å². The third kappa shape index (κ3) is 3.81. The van der Waals surface area contributed by atoms with Gasteiger partial charge < -0.3 is 5.32 Å². The molecule has 1 fully saturated rings. The molecule has 4 nitrogen and oxygen atoms in total. The molecule has 0 amide bonds. The zero-order valence-electron chi connectivity index (χ0n) is 10.9. The van der Waals surface area contributed by atoms with Crippen LogP contribution in [0.15, 0.2) is 18.2 Å². The lowest BCUT2D eigenvalue weighted by atomic mass is 10.2. The zero-order valence-corrected chi connectivity index (χ0v) is 12.4. The lowest BCUT2D eigenvalue weighted by Crippen LogP contribution is -2.41. The van der Waals surface area contributed by atoms with E-state index >= 15 is 0 Å². The van der Waals surface area contributed by atoms with E-state index in [-0.39, 0.29) is 11.6 Å². The van der Waals surface area contributed by atoms with E-state index in [1.807, 2.05) is 4.72 Å². The normalized spacial score (nSPS) is 20.3. The maximum Gasteiger partial charge on any atom is 0.418 e. The van der Waals surface area contributed by atoms with E-state index < -0.39 is 32.7 Å². The number of rotatable bonds is 3. The van der Waals surface area contributed by atoms with E-state index in [0.29, 0.717) is 19.4 Å². The molecule has 1 saturated heterocycles. The van der Waals surface area contributed by atoms with Crippen LogP contribution in [0.4, 0.5) is 18.9 Å². The minimum Gasteiger partial charge on any atom is -0.315 e. The van der Waals surface area contributed by atoms with Gasteiger partial charge in [-0.2, -0.15) is 13.2 Å². The Morgan fingerprint density at radius 3 is 2.62 bits per heavy atom. The van der Waals surface area contributed by atoms with Crippen LogP contribution in [-0.2, 0) is 16.2 Å². The number of para-hydroxylation sites is 1. The average molecular weight is 343 g/mol. The smallest absolute Gasteiger partial charge is 0.315 e. The van der Waals surface area contributed by atoms with Crippen molar-refractivity contribution in [1.29, 1.82) is 0 Å². The molecule has 1 aromatic rings. The van der Waals surface area contributed by atoms with Gasteiger partial charge in [0.1, 0.15) is 0 Å². The highest BCUT2D eigenvalue weighted by atomic mass is 35.5. The Labute approximate surface area is 125 Å². The lowest BCUT2D eigenvalue weighted by molar-refractivity contribution is -0.136. The molecule has 1 unspecified atom stereocenters. The van der Waals surface area contributed by atoms with Crippen LogP contribution in [0.2, 0.25) is 5.02 Å². The standard InChI is InChI=1S/C12H14ClF3N2O2S/c13-10-5-1-4-9(12(14,15)16)11(10)18-21(19,20)8-3-2-6-17-7-8/h1,4-5,8,17-18H,2-3,6-7H2. The van der Waals surface area contributed by atoms with Crippen LogP contribution in [0.1, 0.15) is 18.4 Å². The number of hydrogen-bond donors (Lipinski definition) is 2. The summed E-state index contributed by atoms with van der Waals surface area (Å²) in [5.41, 5.74) is -1.71. The van der Waals surface area contributed by atoms with Crippen LogP contribution in [-0.4, -0.2) is 26.8 Å². The van der Waals surface area contributed by atoms with Crippen LogP contribution in [0.25, 0.3) is 0 Å². The second-order valence-electron chi connectivity index (χ2n) is 4.78. The van der Waals surface area contributed by atoms with Gasteiger partial charge >= 0.3 is 6.18 Å². The van der Waals surface area contributed by atoms with Gasteiger partial charge in [-0.3, -0.25) is 4.72 Å². The molecule has 21 heavy (non-hydrogen) atoms. The SMILES string of the molecule is O=S(=O)(Nc1c(Cl)cccc1C(F)(F)F)C1CCCNC1. The molecule has 0 spiro atoms. The largest absolute Gasteiger partial charge is 0.418 e. The average Bonchev–Trinajstić information content (AvgIpc) is 2.40. The Bertz CT molecular complexity index is 613. The van der Waals surface area contributed by atoms with Crippen molar-refractivity contribution >= 4 is 27.3 Å². The summed E-state index contributed by atoms with van der Waals surface area (Å²) in [6.45, 7) is 0.910. The summed E-state index contributed by atoms with van der Waals surface area (Å²) in [5.74, 6) is 0. The Morgan fingerprint density at radius 1 is 1.33 bits per heavy atom. The van der Waals surface area contributed by atoms with E-state index in [2.05, 4.69) is 5.32 Å². The number of alkyl halides is 3. The molecule has 0 aromatic heterocycles. The fourth-order valence-electron chi connectivity index (χ4n) is 2.17. The summed E-state index contributed by atoms with van der Waals surface area (Å²) in [4.78, 5) is 0. The van der Waals surface area contributed by atoms with Crippen molar-refractivity contribution in [2.24, 2.45) is 0 Å². The van der Waals surface area contributed by atoms with E-state index in [9.17, 15) is 21.6 Å². The van der Waals surface area contributed by atoms with Gasteiger partial charge in [0.15, 0.2) is 0 Å². The fourth-order valence-corrected chi connectivity index (χ4v) is 3.94. The van der Waals surface area contributed by atoms with Gasteiger partial charge in [0.2, 0.25) is 10.0 Å². The summed E-state index contributed by atoms with van der Waals surface area (Å²) in [7, 11) is -3.94. The van der Waals surface area contributed by atoms with E-state index in [0.717, 1.165) is 12.1 Å². The van der Waals surface area contributed by atoms with Crippen molar-refractivity contribution in [2.75, 3.05) is 17.8 Å². The third-order valence-corrected chi connectivity index (χ3v) is 5.34. The predicted octanol–water partition coefficient (Wildman–Crippen LogP) is 2.85. The molecule has 1 aliphatic heterocycles. The summed E-state index contributed by atoms with van der Waals surface area (Å²) in [6, 6.07) is 3.14. The zero-order chi connectivity index (χ0) is 15.7. The molecule has 0 radical (unpaired) electrons. The van der Waals surface area contributed by atoms with Crippen molar-refractivity contribution in [1.82, 2.24) is 5.32 Å². The highest BCUT2D eigenvalue weighted by Crippen LogP contribution is 2.39. The molecule has 1 aliphatic rings. The monoisotopic (exact) mass is 342 g/mol. The van der Waals surface area contributed by atoms with Crippen molar-refractivity contribution in [3.8, 4) is 0 Å². The molecule has 1 aromatic carbocycles. The molecule has 1 heterocycles.